The molecule has 4 rings (SSSR count). The molecule has 7 heteroatoms. The number of halogens is 1. The van der Waals surface area contributed by atoms with Crippen LogP contribution in [0.25, 0.3) is 21.3 Å². The largest absolute Gasteiger partial charge is 0.491 e. The molecule has 0 aliphatic carbocycles. The van der Waals surface area contributed by atoms with Crippen molar-refractivity contribution in [2.24, 2.45) is 0 Å². The third-order valence-electron chi connectivity index (χ3n) is 4.58. The van der Waals surface area contributed by atoms with Gasteiger partial charge in [0.15, 0.2) is 0 Å². The molecule has 0 spiro atoms. The molecule has 4 aromatic rings. The summed E-state index contributed by atoms with van der Waals surface area (Å²) < 4.78 is 19.8. The average molecular weight is 410 g/mol. The molecule has 1 atom stereocenters. The number of nitrogens with zero attached hydrogens (tertiary/aromatic N) is 2. The second-order valence-corrected chi connectivity index (χ2v) is 7.90. The van der Waals surface area contributed by atoms with Gasteiger partial charge in [-0.05, 0) is 36.8 Å². The Kier molecular flexibility index (Phi) is 5.42. The summed E-state index contributed by atoms with van der Waals surface area (Å²) in [6.07, 6.45) is 0.535. The zero-order valence-corrected chi connectivity index (χ0v) is 16.5. The van der Waals surface area contributed by atoms with E-state index in [0.717, 1.165) is 16.0 Å². The topological polar surface area (TPSA) is 64.3 Å². The van der Waals surface area contributed by atoms with Crippen LogP contribution in [0.2, 0.25) is 0 Å². The maximum absolute atomic E-state index is 13.1. The number of hydrogen-bond acceptors (Lipinski definition) is 5. The maximum Gasteiger partial charge on any atom is 0.262 e. The standard InChI is InChI=1S/C22H19FN2O3S/c1-14-19(15-5-3-2-4-6-15)20-21(29-14)24-13-25(22(20)27)11-17(26)12-28-18-9-7-16(23)8-10-18/h2-10,13,17,26H,11-12H2,1H3. The second-order valence-electron chi connectivity index (χ2n) is 6.70. The summed E-state index contributed by atoms with van der Waals surface area (Å²) in [4.78, 5) is 19.2. The van der Waals surface area contributed by atoms with Crippen LogP contribution in [0.5, 0.6) is 5.75 Å². The zero-order valence-electron chi connectivity index (χ0n) is 15.7. The Morgan fingerprint density at radius 2 is 1.90 bits per heavy atom. The number of aliphatic hydroxyl groups is 1. The number of hydrogen-bond donors (Lipinski definition) is 1. The summed E-state index contributed by atoms with van der Waals surface area (Å²) >= 11 is 1.48. The number of aromatic nitrogens is 2. The van der Waals surface area contributed by atoms with Crippen molar-refractivity contribution in [3.63, 3.8) is 0 Å². The van der Waals surface area contributed by atoms with Crippen LogP contribution in [0.1, 0.15) is 4.88 Å². The van der Waals surface area contributed by atoms with E-state index in [-0.39, 0.29) is 24.5 Å². The first-order valence-corrected chi connectivity index (χ1v) is 9.95. The van der Waals surface area contributed by atoms with Gasteiger partial charge in [0.1, 0.15) is 29.1 Å². The molecule has 148 valence electrons. The molecule has 2 aromatic carbocycles. The molecule has 0 fully saturated rings. The van der Waals surface area contributed by atoms with E-state index in [9.17, 15) is 14.3 Å². The highest BCUT2D eigenvalue weighted by atomic mass is 32.1. The monoisotopic (exact) mass is 410 g/mol. The van der Waals surface area contributed by atoms with Gasteiger partial charge >= 0.3 is 0 Å². The number of benzene rings is 2. The first-order valence-electron chi connectivity index (χ1n) is 9.13. The molecule has 0 amide bonds. The van der Waals surface area contributed by atoms with E-state index < -0.39 is 6.10 Å². The molecule has 29 heavy (non-hydrogen) atoms. The molecule has 0 bridgehead atoms. The van der Waals surface area contributed by atoms with Crippen molar-refractivity contribution in [1.29, 1.82) is 0 Å². The number of ether oxygens (including phenoxy) is 1. The third kappa shape index (κ3) is 4.06. The van der Waals surface area contributed by atoms with Gasteiger partial charge in [0, 0.05) is 10.4 Å². The fraction of sp³-hybridized carbons (Fsp3) is 0.182. The molecule has 5 nitrogen and oxygen atoms in total. The molecule has 0 saturated heterocycles. The summed E-state index contributed by atoms with van der Waals surface area (Å²) in [6, 6.07) is 15.3. The van der Waals surface area contributed by atoms with Crippen molar-refractivity contribution in [1.82, 2.24) is 9.55 Å². The van der Waals surface area contributed by atoms with Gasteiger partial charge in [0.25, 0.3) is 5.56 Å². The predicted molar refractivity (Wildman–Crippen MR) is 112 cm³/mol. The van der Waals surface area contributed by atoms with E-state index in [1.165, 1.54) is 46.5 Å². The Labute approximate surface area is 170 Å². The van der Waals surface area contributed by atoms with Gasteiger partial charge in [-0.15, -0.1) is 11.3 Å². The fourth-order valence-corrected chi connectivity index (χ4v) is 4.23. The van der Waals surface area contributed by atoms with Crippen molar-refractivity contribution in [3.05, 3.63) is 82.0 Å². The Balaban J connectivity index is 1.59. The first-order chi connectivity index (χ1) is 14.0. The summed E-state index contributed by atoms with van der Waals surface area (Å²) in [6.45, 7) is 2.00. The van der Waals surface area contributed by atoms with Crippen LogP contribution in [-0.4, -0.2) is 27.4 Å². The van der Waals surface area contributed by atoms with Gasteiger partial charge in [-0.1, -0.05) is 30.3 Å². The zero-order chi connectivity index (χ0) is 20.4. The van der Waals surface area contributed by atoms with Crippen molar-refractivity contribution in [2.75, 3.05) is 6.61 Å². The highest BCUT2D eigenvalue weighted by molar-refractivity contribution is 7.19. The van der Waals surface area contributed by atoms with Crippen LogP contribution in [0.3, 0.4) is 0 Å². The van der Waals surface area contributed by atoms with E-state index in [1.807, 2.05) is 37.3 Å². The Morgan fingerprint density at radius 1 is 1.17 bits per heavy atom. The minimum Gasteiger partial charge on any atom is -0.491 e. The van der Waals surface area contributed by atoms with Crippen molar-refractivity contribution in [2.45, 2.75) is 19.6 Å². The van der Waals surface area contributed by atoms with Gasteiger partial charge in [-0.2, -0.15) is 0 Å². The molecule has 0 saturated carbocycles. The van der Waals surface area contributed by atoms with Gasteiger partial charge in [-0.3, -0.25) is 9.36 Å². The van der Waals surface area contributed by atoms with Crippen LogP contribution < -0.4 is 10.3 Å². The Hall–Kier alpha value is -3.03. The van der Waals surface area contributed by atoms with Crippen molar-refractivity contribution >= 4 is 21.6 Å². The second kappa shape index (κ2) is 8.14. The van der Waals surface area contributed by atoms with Gasteiger partial charge < -0.3 is 9.84 Å². The lowest BCUT2D eigenvalue weighted by Gasteiger charge is -2.14. The highest BCUT2D eigenvalue weighted by Crippen LogP contribution is 2.35. The smallest absolute Gasteiger partial charge is 0.262 e. The van der Waals surface area contributed by atoms with E-state index in [2.05, 4.69) is 4.98 Å². The third-order valence-corrected chi connectivity index (χ3v) is 5.59. The predicted octanol–water partition coefficient (Wildman–Crippen LogP) is 4.01. The molecule has 0 aliphatic rings. The number of thiophene rings is 1. The van der Waals surface area contributed by atoms with Crippen LogP contribution in [0.15, 0.2) is 65.7 Å². The van der Waals surface area contributed by atoms with Crippen LogP contribution in [0.4, 0.5) is 4.39 Å². The van der Waals surface area contributed by atoms with Crippen LogP contribution in [-0.2, 0) is 6.54 Å². The number of aryl methyl sites for hydroxylation is 1. The van der Waals surface area contributed by atoms with E-state index in [0.29, 0.717) is 16.0 Å². The first kappa shape index (κ1) is 19.3. The number of aliphatic hydroxyl groups excluding tert-OH is 1. The van der Waals surface area contributed by atoms with Crippen LogP contribution in [0, 0.1) is 12.7 Å². The summed E-state index contributed by atoms with van der Waals surface area (Å²) in [7, 11) is 0. The summed E-state index contributed by atoms with van der Waals surface area (Å²) in [5, 5.41) is 10.9. The van der Waals surface area contributed by atoms with Crippen molar-refractivity contribution < 1.29 is 14.2 Å². The number of fused-ring (bicyclic) bond motifs is 1. The summed E-state index contributed by atoms with van der Waals surface area (Å²) in [5.74, 6) is 0.0929. The van der Waals surface area contributed by atoms with Crippen LogP contribution >= 0.6 is 11.3 Å². The molecule has 0 aliphatic heterocycles. The summed E-state index contributed by atoms with van der Waals surface area (Å²) in [5.41, 5.74) is 1.65. The average Bonchev–Trinajstić information content (AvgIpc) is 3.07. The van der Waals surface area contributed by atoms with E-state index in [1.54, 1.807) is 0 Å². The van der Waals surface area contributed by atoms with Gasteiger partial charge in [0.05, 0.1) is 18.3 Å². The van der Waals surface area contributed by atoms with Gasteiger partial charge in [-0.25, -0.2) is 9.37 Å². The molecule has 2 heterocycles. The normalized spacial score (nSPS) is 12.2. The molecule has 1 N–H and O–H groups in total. The SMILES string of the molecule is Cc1sc2ncn(CC(O)COc3ccc(F)cc3)c(=O)c2c1-c1ccccc1. The quantitative estimate of drug-likeness (QED) is 0.522. The minimum atomic E-state index is -0.920. The van der Waals surface area contributed by atoms with Crippen molar-refractivity contribution in [3.8, 4) is 16.9 Å². The van der Waals surface area contributed by atoms with E-state index >= 15 is 0 Å². The molecule has 1 unspecified atom stereocenters. The van der Waals surface area contributed by atoms with E-state index in [4.69, 9.17) is 4.74 Å². The van der Waals surface area contributed by atoms with Gasteiger partial charge in [0.2, 0.25) is 0 Å². The molecule has 0 radical (unpaired) electrons. The molecular formula is C22H19FN2O3S. The molecule has 2 aromatic heterocycles. The lowest BCUT2D eigenvalue weighted by atomic mass is 10.0. The highest BCUT2D eigenvalue weighted by Gasteiger charge is 2.18. The Bertz CT molecular complexity index is 1190. The lowest BCUT2D eigenvalue weighted by Crippen LogP contribution is -2.30. The number of rotatable bonds is 6. The minimum absolute atomic E-state index is 0.0235. The fourth-order valence-electron chi connectivity index (χ4n) is 3.22. The maximum atomic E-state index is 13.1. The Morgan fingerprint density at radius 3 is 2.62 bits per heavy atom. The molecular weight excluding hydrogens is 391 g/mol. The lowest BCUT2D eigenvalue weighted by molar-refractivity contribution is 0.0914.